The molecule has 0 spiro atoms. The number of anilines is 3. The Morgan fingerprint density at radius 1 is 0.971 bits per heavy atom. The van der Waals surface area contributed by atoms with Crippen LogP contribution in [0.2, 0.25) is 0 Å². The average molecular weight is 486 g/mol. The van der Waals surface area contributed by atoms with Gasteiger partial charge in [0.1, 0.15) is 5.65 Å². The van der Waals surface area contributed by atoms with Crippen LogP contribution in [0.15, 0.2) is 66.9 Å². The van der Waals surface area contributed by atoms with Gasteiger partial charge in [-0.3, -0.25) is 0 Å². The van der Waals surface area contributed by atoms with Gasteiger partial charge in [0.15, 0.2) is 0 Å². The summed E-state index contributed by atoms with van der Waals surface area (Å²) in [5.74, 6) is 0. The zero-order valence-corrected chi connectivity index (χ0v) is 22.1. The van der Waals surface area contributed by atoms with E-state index in [4.69, 9.17) is 0 Å². The van der Waals surface area contributed by atoms with Crippen molar-refractivity contribution in [2.24, 2.45) is 0 Å². The molecule has 0 radical (unpaired) electrons. The molecule has 0 unspecified atom stereocenters. The third-order valence-electron chi connectivity index (χ3n) is 7.01. The maximum atomic E-state index is 4.59. The summed E-state index contributed by atoms with van der Waals surface area (Å²) < 4.78 is 0. The molecular formula is C29H36N5P. The third kappa shape index (κ3) is 5.37. The summed E-state index contributed by atoms with van der Waals surface area (Å²) in [6, 6.07) is 22.8. The molecule has 3 heterocycles. The van der Waals surface area contributed by atoms with Crippen molar-refractivity contribution >= 4 is 41.3 Å². The number of aromatic amines is 1. The predicted octanol–water partition coefficient (Wildman–Crippen LogP) is 6.63. The van der Waals surface area contributed by atoms with Crippen LogP contribution in [0.4, 0.5) is 17.1 Å². The lowest BCUT2D eigenvalue weighted by Gasteiger charge is -2.35. The minimum absolute atomic E-state index is 0.196. The number of hydrogen-bond donors (Lipinski definition) is 3. The fourth-order valence-corrected chi connectivity index (χ4v) is 5.94. The van der Waals surface area contributed by atoms with Crippen LogP contribution in [0, 0.1) is 0 Å². The summed E-state index contributed by atoms with van der Waals surface area (Å²) in [7, 11) is -0.196. The normalized spacial score (nSPS) is 15.3. The molecule has 1 saturated heterocycles. The van der Waals surface area contributed by atoms with Crippen LogP contribution in [-0.4, -0.2) is 53.4 Å². The van der Waals surface area contributed by atoms with E-state index in [-0.39, 0.29) is 7.92 Å². The smallest absolute Gasteiger partial charge is 0.139 e. The summed E-state index contributed by atoms with van der Waals surface area (Å²) >= 11 is 0. The minimum Gasteiger partial charge on any atom is -0.382 e. The summed E-state index contributed by atoms with van der Waals surface area (Å²) in [6.07, 6.45) is 4.26. The number of piperidine rings is 1. The largest absolute Gasteiger partial charge is 0.382 e. The van der Waals surface area contributed by atoms with Crippen molar-refractivity contribution in [2.45, 2.75) is 38.8 Å². The molecule has 1 aliphatic rings. The lowest BCUT2D eigenvalue weighted by atomic mass is 10.0. The maximum Gasteiger partial charge on any atom is 0.139 e. The molecule has 5 rings (SSSR count). The van der Waals surface area contributed by atoms with Crippen LogP contribution >= 0.6 is 7.92 Å². The van der Waals surface area contributed by atoms with Gasteiger partial charge in [0.2, 0.25) is 0 Å². The summed E-state index contributed by atoms with van der Waals surface area (Å²) in [4.78, 5) is 10.7. The number of hydrogen-bond acceptors (Lipinski definition) is 4. The molecule has 0 saturated carbocycles. The van der Waals surface area contributed by atoms with Gasteiger partial charge in [-0.25, -0.2) is 4.98 Å². The molecule has 2 aromatic heterocycles. The maximum absolute atomic E-state index is 4.59. The molecular weight excluding hydrogens is 449 g/mol. The Morgan fingerprint density at radius 3 is 2.43 bits per heavy atom. The molecule has 4 aromatic rings. The van der Waals surface area contributed by atoms with Crippen LogP contribution in [0.25, 0.3) is 22.3 Å². The number of aromatic nitrogens is 2. The highest BCUT2D eigenvalue weighted by molar-refractivity contribution is 7.64. The molecule has 2 aromatic carbocycles. The van der Waals surface area contributed by atoms with Gasteiger partial charge in [0, 0.05) is 53.8 Å². The second-order valence-electron chi connectivity index (χ2n) is 9.97. The van der Waals surface area contributed by atoms with Crippen LogP contribution in [0.3, 0.4) is 0 Å². The minimum atomic E-state index is -0.196. The number of likely N-dealkylation sites (tertiary alicyclic amines) is 1. The Kier molecular flexibility index (Phi) is 7.08. The molecule has 0 aliphatic carbocycles. The molecule has 0 bridgehead atoms. The van der Waals surface area contributed by atoms with Gasteiger partial charge in [-0.15, -0.1) is 0 Å². The zero-order chi connectivity index (χ0) is 24.4. The molecule has 1 aliphatic heterocycles. The molecule has 0 atom stereocenters. The first-order valence-corrected chi connectivity index (χ1v) is 14.8. The predicted molar refractivity (Wildman–Crippen MR) is 153 cm³/mol. The van der Waals surface area contributed by atoms with E-state index in [2.05, 4.69) is 113 Å². The number of fused-ring (bicyclic) bond motifs is 1. The van der Waals surface area contributed by atoms with Gasteiger partial charge >= 0.3 is 0 Å². The van der Waals surface area contributed by atoms with Gasteiger partial charge in [-0.1, -0.05) is 38.3 Å². The Hall–Kier alpha value is -2.88. The number of pyridine rings is 1. The van der Waals surface area contributed by atoms with Gasteiger partial charge < -0.3 is 20.5 Å². The number of nitrogens with zero attached hydrogens (tertiary/aromatic N) is 2. The van der Waals surface area contributed by atoms with Crippen LogP contribution in [0.5, 0.6) is 0 Å². The highest BCUT2D eigenvalue weighted by atomic mass is 31.1. The summed E-state index contributed by atoms with van der Waals surface area (Å²) in [5, 5.41) is 9.89. The Balaban J connectivity index is 1.32. The highest BCUT2D eigenvalue weighted by Gasteiger charge is 2.20. The van der Waals surface area contributed by atoms with E-state index in [0.717, 1.165) is 22.4 Å². The van der Waals surface area contributed by atoms with Crippen molar-refractivity contribution in [1.29, 1.82) is 0 Å². The third-order valence-corrected chi connectivity index (χ3v) is 8.37. The fraction of sp³-hybridized carbons (Fsp3) is 0.345. The van der Waals surface area contributed by atoms with Crippen LogP contribution < -0.4 is 15.9 Å². The quantitative estimate of drug-likeness (QED) is 0.257. The van der Waals surface area contributed by atoms with Crippen LogP contribution in [0.1, 0.15) is 26.7 Å². The summed E-state index contributed by atoms with van der Waals surface area (Å²) in [5.41, 5.74) is 6.60. The Bertz CT molecular complexity index is 1270. The number of benzene rings is 2. The van der Waals surface area contributed by atoms with Crippen molar-refractivity contribution in [3.05, 3.63) is 66.9 Å². The number of rotatable bonds is 7. The van der Waals surface area contributed by atoms with E-state index in [1.54, 1.807) is 0 Å². The monoisotopic (exact) mass is 485 g/mol. The van der Waals surface area contributed by atoms with Crippen molar-refractivity contribution in [1.82, 2.24) is 14.9 Å². The highest BCUT2D eigenvalue weighted by Crippen LogP contribution is 2.33. The molecule has 0 amide bonds. The van der Waals surface area contributed by atoms with E-state index in [0.29, 0.717) is 12.1 Å². The first kappa shape index (κ1) is 23.8. The van der Waals surface area contributed by atoms with Gasteiger partial charge in [-0.2, -0.15) is 0 Å². The van der Waals surface area contributed by atoms with Gasteiger partial charge in [-0.05, 0) is 81.2 Å². The lowest BCUT2D eigenvalue weighted by molar-refractivity contribution is 0.177. The molecule has 1 fully saturated rings. The standard InChI is InChI=1S/C29H36N5P/c1-20(2)34-17-14-23(15-18-34)31-22-11-9-21(10-12-22)27-19-24-25(13-16-30-29(24)33-27)32-26-7-5-6-8-28(26)35(3)4/h5-13,16,19-20,23,31H,14-15,17-18H2,1-4H3,(H2,30,32,33). The Labute approximate surface area is 210 Å². The molecule has 6 heteroatoms. The molecule has 3 N–H and O–H groups in total. The van der Waals surface area contributed by atoms with E-state index in [1.807, 2.05) is 6.20 Å². The summed E-state index contributed by atoms with van der Waals surface area (Å²) in [6.45, 7) is 11.5. The number of H-pyrrole nitrogens is 1. The van der Waals surface area contributed by atoms with Crippen molar-refractivity contribution in [2.75, 3.05) is 37.1 Å². The fourth-order valence-electron chi connectivity index (χ4n) is 4.95. The lowest BCUT2D eigenvalue weighted by Crippen LogP contribution is -2.42. The van der Waals surface area contributed by atoms with Crippen molar-refractivity contribution in [3.8, 4) is 11.3 Å². The topological polar surface area (TPSA) is 56.0 Å². The van der Waals surface area contributed by atoms with E-state index in [9.17, 15) is 0 Å². The van der Waals surface area contributed by atoms with Gasteiger partial charge in [0.05, 0.1) is 5.69 Å². The second kappa shape index (κ2) is 10.4. The average Bonchev–Trinajstić information content (AvgIpc) is 3.30. The Morgan fingerprint density at radius 2 is 1.71 bits per heavy atom. The molecule has 35 heavy (non-hydrogen) atoms. The second-order valence-corrected chi connectivity index (χ2v) is 12.2. The number of nitrogens with one attached hydrogen (secondary N) is 3. The molecule has 182 valence electrons. The van der Waals surface area contributed by atoms with Crippen molar-refractivity contribution in [3.63, 3.8) is 0 Å². The van der Waals surface area contributed by atoms with E-state index < -0.39 is 0 Å². The van der Waals surface area contributed by atoms with Crippen LogP contribution in [-0.2, 0) is 0 Å². The first-order chi connectivity index (χ1) is 17.0. The first-order valence-electron chi connectivity index (χ1n) is 12.6. The van der Waals surface area contributed by atoms with E-state index >= 15 is 0 Å². The van der Waals surface area contributed by atoms with Crippen molar-refractivity contribution < 1.29 is 0 Å². The zero-order valence-electron chi connectivity index (χ0n) is 21.2. The molecule has 5 nitrogen and oxygen atoms in total. The van der Waals surface area contributed by atoms with E-state index in [1.165, 1.54) is 48.2 Å². The van der Waals surface area contributed by atoms with Gasteiger partial charge in [0.25, 0.3) is 0 Å². The number of para-hydroxylation sites is 1. The SMILES string of the molecule is CC(C)N1CCC(Nc2ccc(-c3cc4c(Nc5ccccc5P(C)C)ccnc4[nH]3)cc2)CC1.